The Hall–Kier alpha value is -2.56. The molecular weight excluding hydrogens is 278 g/mol. The van der Waals surface area contributed by atoms with Crippen LogP contribution in [0.3, 0.4) is 0 Å². The molecule has 2 heterocycles. The lowest BCUT2D eigenvalue weighted by molar-refractivity contribution is 0.246. The van der Waals surface area contributed by atoms with Gasteiger partial charge in [-0.3, -0.25) is 4.90 Å². The third-order valence-electron chi connectivity index (χ3n) is 3.91. The number of benzene rings is 1. The molecule has 22 heavy (non-hydrogen) atoms. The molecule has 5 nitrogen and oxygen atoms in total. The second-order valence-electron chi connectivity index (χ2n) is 5.44. The Morgan fingerprint density at radius 1 is 1.41 bits per heavy atom. The van der Waals surface area contributed by atoms with Gasteiger partial charge in [-0.1, -0.05) is 25.1 Å². The van der Waals surface area contributed by atoms with Crippen molar-refractivity contribution in [3.05, 3.63) is 53.7 Å². The van der Waals surface area contributed by atoms with E-state index >= 15 is 0 Å². The smallest absolute Gasteiger partial charge is 0.322 e. The predicted molar refractivity (Wildman–Crippen MR) is 85.2 cm³/mol. The number of pyridine rings is 1. The Bertz CT molecular complexity index is 687. The lowest BCUT2D eigenvalue weighted by Crippen LogP contribution is -2.38. The number of urea groups is 1. The van der Waals surface area contributed by atoms with Crippen LogP contribution in [0, 0.1) is 0 Å². The monoisotopic (exact) mass is 297 g/mol. The quantitative estimate of drug-likeness (QED) is 0.947. The maximum Gasteiger partial charge on any atom is 0.322 e. The minimum Gasteiger partial charge on any atom is -0.481 e. The first kappa shape index (κ1) is 14.4. The van der Waals surface area contributed by atoms with Crippen molar-refractivity contribution in [2.45, 2.75) is 19.4 Å². The molecule has 0 radical (unpaired) electrons. The zero-order chi connectivity index (χ0) is 15.5. The van der Waals surface area contributed by atoms with Crippen LogP contribution in [0.2, 0.25) is 0 Å². The van der Waals surface area contributed by atoms with Crippen molar-refractivity contribution in [3.8, 4) is 5.88 Å². The molecule has 1 unspecified atom stereocenters. The number of para-hydroxylation sites is 1. The van der Waals surface area contributed by atoms with Gasteiger partial charge in [-0.2, -0.15) is 0 Å². The summed E-state index contributed by atoms with van der Waals surface area (Å²) in [6, 6.07) is 11.7. The minimum atomic E-state index is -0.0763. The number of carbonyl (C=O) groups is 1. The summed E-state index contributed by atoms with van der Waals surface area (Å²) in [7, 11) is 1.58. The van der Waals surface area contributed by atoms with Crippen LogP contribution in [0.5, 0.6) is 5.88 Å². The number of anilines is 1. The maximum absolute atomic E-state index is 12.4. The van der Waals surface area contributed by atoms with Crippen molar-refractivity contribution in [2.75, 3.05) is 18.6 Å². The zero-order valence-electron chi connectivity index (χ0n) is 12.7. The second kappa shape index (κ2) is 6.05. The molecule has 1 atom stereocenters. The van der Waals surface area contributed by atoms with E-state index in [1.54, 1.807) is 18.2 Å². The fraction of sp³-hybridized carbons (Fsp3) is 0.294. The molecule has 1 aromatic heterocycles. The summed E-state index contributed by atoms with van der Waals surface area (Å²) < 4.78 is 5.09. The highest BCUT2D eigenvalue weighted by Gasteiger charge is 2.29. The van der Waals surface area contributed by atoms with E-state index in [1.807, 2.05) is 30.3 Å². The average molecular weight is 297 g/mol. The highest BCUT2D eigenvalue weighted by molar-refractivity contribution is 5.94. The van der Waals surface area contributed by atoms with Crippen LogP contribution in [0.15, 0.2) is 42.6 Å². The summed E-state index contributed by atoms with van der Waals surface area (Å²) in [5.74, 6) is 0.912. The maximum atomic E-state index is 12.4. The molecule has 2 aromatic rings. The number of hydrogen-bond donors (Lipinski definition) is 1. The van der Waals surface area contributed by atoms with Crippen molar-refractivity contribution >= 4 is 11.7 Å². The van der Waals surface area contributed by atoms with Gasteiger partial charge in [0.15, 0.2) is 0 Å². The number of ether oxygens (including phenoxy) is 1. The van der Waals surface area contributed by atoms with Gasteiger partial charge in [-0.05, 0) is 23.3 Å². The van der Waals surface area contributed by atoms with E-state index in [9.17, 15) is 4.79 Å². The third-order valence-corrected chi connectivity index (χ3v) is 3.91. The summed E-state index contributed by atoms with van der Waals surface area (Å²) in [5, 5.41) is 2.96. The standard InChI is InChI=1S/C17H19N3O2/c1-12-11-20(15-6-4-3-5-14(12)15)17(21)19-10-13-7-8-18-16(9-13)22-2/h3-9,12H,10-11H2,1-2H3,(H,19,21). The van der Waals surface area contributed by atoms with Gasteiger partial charge in [0.2, 0.25) is 5.88 Å². The number of aromatic nitrogens is 1. The summed E-state index contributed by atoms with van der Waals surface area (Å²) in [5.41, 5.74) is 3.18. The molecule has 3 rings (SSSR count). The number of rotatable bonds is 3. The van der Waals surface area contributed by atoms with E-state index in [1.165, 1.54) is 5.56 Å². The fourth-order valence-corrected chi connectivity index (χ4v) is 2.76. The number of carbonyl (C=O) groups excluding carboxylic acids is 1. The number of hydrogen-bond acceptors (Lipinski definition) is 3. The van der Waals surface area contributed by atoms with Crippen LogP contribution in [-0.2, 0) is 6.54 Å². The largest absolute Gasteiger partial charge is 0.481 e. The topological polar surface area (TPSA) is 54.5 Å². The van der Waals surface area contributed by atoms with Gasteiger partial charge in [0.25, 0.3) is 0 Å². The summed E-state index contributed by atoms with van der Waals surface area (Å²) in [6.45, 7) is 3.30. The van der Waals surface area contributed by atoms with Gasteiger partial charge in [0.05, 0.1) is 7.11 Å². The predicted octanol–water partition coefficient (Wildman–Crippen LogP) is 2.92. The van der Waals surface area contributed by atoms with Gasteiger partial charge in [0, 0.05) is 37.0 Å². The van der Waals surface area contributed by atoms with Crippen LogP contribution in [0.25, 0.3) is 0 Å². The molecule has 114 valence electrons. The first-order valence-electron chi connectivity index (χ1n) is 7.32. The summed E-state index contributed by atoms with van der Waals surface area (Å²) >= 11 is 0. The van der Waals surface area contributed by atoms with Gasteiger partial charge in [-0.15, -0.1) is 0 Å². The number of methoxy groups -OCH3 is 1. The molecule has 5 heteroatoms. The van der Waals surface area contributed by atoms with E-state index in [2.05, 4.69) is 23.3 Å². The van der Waals surface area contributed by atoms with Gasteiger partial charge < -0.3 is 10.1 Å². The number of nitrogens with one attached hydrogen (secondary N) is 1. The van der Waals surface area contributed by atoms with Crippen molar-refractivity contribution < 1.29 is 9.53 Å². The van der Waals surface area contributed by atoms with Crippen molar-refractivity contribution in [2.24, 2.45) is 0 Å². The Morgan fingerprint density at radius 2 is 2.23 bits per heavy atom. The van der Waals surface area contributed by atoms with Crippen molar-refractivity contribution in [1.29, 1.82) is 0 Å². The molecule has 0 fully saturated rings. The van der Waals surface area contributed by atoms with Crippen LogP contribution < -0.4 is 15.0 Å². The average Bonchev–Trinajstić information content (AvgIpc) is 2.90. The highest BCUT2D eigenvalue weighted by atomic mass is 16.5. The molecule has 1 N–H and O–H groups in total. The number of fused-ring (bicyclic) bond motifs is 1. The molecule has 1 aliphatic heterocycles. The minimum absolute atomic E-state index is 0.0763. The SMILES string of the molecule is COc1cc(CNC(=O)N2CC(C)c3ccccc32)ccn1. The molecule has 0 spiro atoms. The highest BCUT2D eigenvalue weighted by Crippen LogP contribution is 2.35. The van der Waals surface area contributed by atoms with Gasteiger partial charge >= 0.3 is 6.03 Å². The molecule has 0 aliphatic carbocycles. The van der Waals surface area contributed by atoms with Crippen LogP contribution in [-0.4, -0.2) is 24.7 Å². The Balaban J connectivity index is 1.68. The molecule has 1 aromatic carbocycles. The second-order valence-corrected chi connectivity index (χ2v) is 5.44. The first-order chi connectivity index (χ1) is 10.7. The fourth-order valence-electron chi connectivity index (χ4n) is 2.76. The lowest BCUT2D eigenvalue weighted by Gasteiger charge is -2.18. The van der Waals surface area contributed by atoms with Crippen molar-refractivity contribution in [3.63, 3.8) is 0 Å². The summed E-state index contributed by atoms with van der Waals surface area (Å²) in [6.07, 6.45) is 1.67. The summed E-state index contributed by atoms with van der Waals surface area (Å²) in [4.78, 5) is 18.3. The Labute approximate surface area is 129 Å². The van der Waals surface area contributed by atoms with Crippen molar-refractivity contribution in [1.82, 2.24) is 10.3 Å². The van der Waals surface area contributed by atoms with Gasteiger partial charge in [-0.25, -0.2) is 9.78 Å². The van der Waals surface area contributed by atoms with E-state index < -0.39 is 0 Å². The number of amides is 2. The molecule has 1 aliphatic rings. The number of nitrogens with zero attached hydrogens (tertiary/aromatic N) is 2. The zero-order valence-corrected chi connectivity index (χ0v) is 12.7. The normalized spacial score (nSPS) is 16.3. The first-order valence-corrected chi connectivity index (χ1v) is 7.32. The Morgan fingerprint density at radius 3 is 3.05 bits per heavy atom. The molecule has 0 bridgehead atoms. The van der Waals surface area contributed by atoms with Gasteiger partial charge in [0.1, 0.15) is 0 Å². The Kier molecular flexibility index (Phi) is 3.96. The van der Waals surface area contributed by atoms with Crippen LogP contribution in [0.4, 0.5) is 10.5 Å². The molecule has 0 saturated carbocycles. The van der Waals surface area contributed by atoms with Crippen LogP contribution >= 0.6 is 0 Å². The van der Waals surface area contributed by atoms with E-state index in [0.717, 1.165) is 11.3 Å². The van der Waals surface area contributed by atoms with E-state index in [4.69, 9.17) is 4.74 Å². The van der Waals surface area contributed by atoms with Crippen LogP contribution in [0.1, 0.15) is 24.0 Å². The third kappa shape index (κ3) is 2.74. The van der Waals surface area contributed by atoms with E-state index in [-0.39, 0.29) is 6.03 Å². The molecule has 0 saturated heterocycles. The van der Waals surface area contributed by atoms with E-state index in [0.29, 0.717) is 24.9 Å². The lowest BCUT2D eigenvalue weighted by atomic mass is 10.0. The molecular formula is C17H19N3O2. The molecule has 2 amide bonds.